The summed E-state index contributed by atoms with van der Waals surface area (Å²) in [6.45, 7) is 4.09. The molecule has 0 bridgehead atoms. The number of oxime groups is 1. The van der Waals surface area contributed by atoms with Crippen LogP contribution in [0.15, 0.2) is 29.4 Å². The Hall–Kier alpha value is -2.43. The molecule has 2 atom stereocenters. The van der Waals surface area contributed by atoms with E-state index in [2.05, 4.69) is 46.3 Å². The monoisotopic (exact) mass is 310 g/mol. The van der Waals surface area contributed by atoms with Gasteiger partial charge in [0.15, 0.2) is 0 Å². The molecular weight excluding hydrogens is 288 g/mol. The molecule has 2 aromatic rings. The van der Waals surface area contributed by atoms with E-state index in [9.17, 15) is 0 Å². The van der Waals surface area contributed by atoms with Gasteiger partial charge in [-0.15, -0.1) is 0 Å². The van der Waals surface area contributed by atoms with E-state index in [0.717, 1.165) is 29.8 Å². The normalized spacial score (nSPS) is 20.5. The summed E-state index contributed by atoms with van der Waals surface area (Å²) in [6.07, 6.45) is 3.70. The molecule has 1 aliphatic rings. The molecule has 1 aromatic carbocycles. The Labute approximate surface area is 136 Å². The zero-order chi connectivity index (χ0) is 16.4. The van der Waals surface area contributed by atoms with E-state index < -0.39 is 0 Å². The fourth-order valence-electron chi connectivity index (χ4n) is 3.41. The number of nitrogen functional groups attached to an aromatic ring is 1. The van der Waals surface area contributed by atoms with Crippen LogP contribution in [0.25, 0.3) is 0 Å². The van der Waals surface area contributed by atoms with Crippen LogP contribution >= 0.6 is 0 Å². The average Bonchev–Trinajstić information content (AvgIpc) is 2.52. The third kappa shape index (κ3) is 3.18. The minimum Gasteiger partial charge on any atom is -0.399 e. The fourth-order valence-corrected chi connectivity index (χ4v) is 3.41. The summed E-state index contributed by atoms with van der Waals surface area (Å²) in [5, 5.41) is 3.99. The molecule has 0 radical (unpaired) electrons. The Balaban J connectivity index is 2.01. The van der Waals surface area contributed by atoms with E-state index in [1.807, 2.05) is 13.1 Å². The molecule has 1 aliphatic carbocycles. The van der Waals surface area contributed by atoms with Gasteiger partial charge in [-0.05, 0) is 38.2 Å². The summed E-state index contributed by atoms with van der Waals surface area (Å²) in [6, 6.07) is 8.71. The van der Waals surface area contributed by atoms with Crippen molar-refractivity contribution in [2.75, 3.05) is 12.8 Å². The summed E-state index contributed by atoms with van der Waals surface area (Å²) >= 11 is 0. The zero-order valence-electron chi connectivity index (χ0n) is 13.8. The second-order valence-electron chi connectivity index (χ2n) is 6.12. The number of benzene rings is 1. The summed E-state index contributed by atoms with van der Waals surface area (Å²) in [7, 11) is 1.56. The summed E-state index contributed by atoms with van der Waals surface area (Å²) < 4.78 is 0. The summed E-state index contributed by atoms with van der Waals surface area (Å²) in [5.74, 6) is 0.879. The molecule has 2 N–H and O–H groups in total. The van der Waals surface area contributed by atoms with Crippen molar-refractivity contribution in [1.82, 2.24) is 9.97 Å². The first kappa shape index (κ1) is 15.5. The Kier molecular flexibility index (Phi) is 4.28. The molecule has 0 fully saturated rings. The lowest BCUT2D eigenvalue weighted by atomic mass is 9.76. The predicted octanol–water partition coefficient (Wildman–Crippen LogP) is 3.12. The van der Waals surface area contributed by atoms with Gasteiger partial charge in [0.1, 0.15) is 7.11 Å². The fraction of sp³-hybridized carbons (Fsp3) is 0.389. The van der Waals surface area contributed by atoms with Gasteiger partial charge in [0.05, 0.1) is 11.9 Å². The maximum absolute atomic E-state index is 5.85. The van der Waals surface area contributed by atoms with Crippen molar-refractivity contribution in [2.24, 2.45) is 5.16 Å². The summed E-state index contributed by atoms with van der Waals surface area (Å²) in [4.78, 5) is 13.7. The highest BCUT2D eigenvalue weighted by molar-refractivity contribution is 5.69. The smallest absolute Gasteiger partial charge is 0.220 e. The lowest BCUT2D eigenvalue weighted by molar-refractivity contribution is 0.213. The maximum Gasteiger partial charge on any atom is 0.220 e. The van der Waals surface area contributed by atoms with Crippen LogP contribution in [0.1, 0.15) is 46.3 Å². The van der Waals surface area contributed by atoms with Gasteiger partial charge in [-0.25, -0.2) is 9.97 Å². The van der Waals surface area contributed by atoms with Gasteiger partial charge in [-0.2, -0.15) is 0 Å². The highest BCUT2D eigenvalue weighted by Gasteiger charge is 2.30. The lowest BCUT2D eigenvalue weighted by Crippen LogP contribution is -2.22. The van der Waals surface area contributed by atoms with Gasteiger partial charge in [0, 0.05) is 17.2 Å². The van der Waals surface area contributed by atoms with Crippen molar-refractivity contribution < 1.29 is 4.84 Å². The van der Waals surface area contributed by atoms with Crippen molar-refractivity contribution in [3.8, 4) is 0 Å². The topological polar surface area (TPSA) is 73.4 Å². The number of hydrogen-bond acceptors (Lipinski definition) is 5. The molecule has 0 aliphatic heterocycles. The van der Waals surface area contributed by atoms with Crippen molar-refractivity contribution >= 4 is 12.2 Å². The largest absolute Gasteiger partial charge is 0.399 e. The first-order chi connectivity index (χ1) is 11.1. The molecule has 23 heavy (non-hydrogen) atoms. The van der Waals surface area contributed by atoms with Gasteiger partial charge < -0.3 is 10.6 Å². The lowest BCUT2D eigenvalue weighted by Gasteiger charge is -2.30. The third-order valence-electron chi connectivity index (χ3n) is 4.48. The Morgan fingerprint density at radius 2 is 1.96 bits per heavy atom. The van der Waals surface area contributed by atoms with Gasteiger partial charge >= 0.3 is 0 Å². The number of aryl methyl sites for hydroxylation is 2. The van der Waals surface area contributed by atoms with Crippen LogP contribution in [0.3, 0.4) is 0 Å². The molecule has 2 unspecified atom stereocenters. The number of rotatable bonds is 3. The predicted molar refractivity (Wildman–Crippen MR) is 91.7 cm³/mol. The Morgan fingerprint density at radius 3 is 2.65 bits per heavy atom. The minimum atomic E-state index is 0.144. The molecule has 0 amide bonds. The van der Waals surface area contributed by atoms with E-state index >= 15 is 0 Å². The molecule has 120 valence electrons. The van der Waals surface area contributed by atoms with Crippen molar-refractivity contribution in [2.45, 2.75) is 38.5 Å². The van der Waals surface area contributed by atoms with Crippen LogP contribution < -0.4 is 5.73 Å². The maximum atomic E-state index is 5.85. The van der Waals surface area contributed by atoms with Gasteiger partial charge in [-0.1, -0.05) is 35.0 Å². The molecule has 1 aromatic heterocycles. The van der Waals surface area contributed by atoms with Crippen LogP contribution in [-0.4, -0.2) is 23.3 Å². The van der Waals surface area contributed by atoms with Crippen LogP contribution in [0.5, 0.6) is 0 Å². The molecule has 0 saturated heterocycles. The molecule has 0 saturated carbocycles. The first-order valence-corrected chi connectivity index (χ1v) is 7.84. The number of nitrogens with zero attached hydrogens (tertiary/aromatic N) is 3. The minimum absolute atomic E-state index is 0.144. The van der Waals surface area contributed by atoms with E-state index in [4.69, 9.17) is 10.6 Å². The highest BCUT2D eigenvalue weighted by Crippen LogP contribution is 2.39. The molecule has 0 spiro atoms. The molecule has 1 heterocycles. The Bertz CT molecular complexity index is 725. The highest BCUT2D eigenvalue weighted by atomic mass is 16.6. The molecule has 5 heteroatoms. The number of anilines is 1. The molecule has 5 nitrogen and oxygen atoms in total. The Morgan fingerprint density at radius 1 is 1.22 bits per heavy atom. The zero-order valence-corrected chi connectivity index (χ0v) is 13.8. The van der Waals surface area contributed by atoms with E-state index in [-0.39, 0.29) is 5.92 Å². The molecular formula is C18H22N4O. The van der Waals surface area contributed by atoms with Crippen LogP contribution in [0.4, 0.5) is 5.95 Å². The van der Waals surface area contributed by atoms with Crippen molar-refractivity contribution in [3.05, 3.63) is 52.3 Å². The van der Waals surface area contributed by atoms with Gasteiger partial charge in [0.25, 0.3) is 0 Å². The SMILES string of the molecule is CON=CC1CC(c2ccc(C)cc2)Cc2nc(N)nc(C)c21. The molecule has 3 rings (SSSR count). The first-order valence-electron chi connectivity index (χ1n) is 7.84. The second-order valence-corrected chi connectivity index (χ2v) is 6.12. The van der Waals surface area contributed by atoms with Crippen molar-refractivity contribution in [1.29, 1.82) is 0 Å². The van der Waals surface area contributed by atoms with E-state index in [1.165, 1.54) is 11.1 Å². The number of fused-ring (bicyclic) bond motifs is 1. The van der Waals surface area contributed by atoms with Crippen LogP contribution in [0, 0.1) is 13.8 Å². The summed E-state index contributed by atoms with van der Waals surface area (Å²) in [5.41, 5.74) is 11.5. The number of hydrogen-bond donors (Lipinski definition) is 1. The van der Waals surface area contributed by atoms with E-state index in [1.54, 1.807) is 7.11 Å². The third-order valence-corrected chi connectivity index (χ3v) is 4.48. The second kappa shape index (κ2) is 6.36. The average molecular weight is 310 g/mol. The van der Waals surface area contributed by atoms with Crippen LogP contribution in [-0.2, 0) is 11.3 Å². The quantitative estimate of drug-likeness (QED) is 0.698. The van der Waals surface area contributed by atoms with Crippen LogP contribution in [0.2, 0.25) is 0 Å². The van der Waals surface area contributed by atoms with E-state index in [0.29, 0.717) is 11.9 Å². The van der Waals surface area contributed by atoms with Crippen molar-refractivity contribution in [3.63, 3.8) is 0 Å². The number of aromatic nitrogens is 2. The van der Waals surface area contributed by atoms with Gasteiger partial charge in [-0.3, -0.25) is 0 Å². The standard InChI is InChI=1S/C18H22N4O/c1-11-4-6-13(7-5-11)14-8-15(10-20-23-3)17-12(2)21-18(19)22-16(17)9-14/h4-7,10,14-15H,8-9H2,1-3H3,(H2,19,21,22). The van der Waals surface area contributed by atoms with Gasteiger partial charge in [0.2, 0.25) is 5.95 Å². The number of nitrogens with two attached hydrogens (primary N) is 1.